The Morgan fingerprint density at radius 2 is 1.41 bits per heavy atom. The number of benzene rings is 2. The average molecular weight is 386 g/mol. The second kappa shape index (κ2) is 8.97. The summed E-state index contributed by atoms with van der Waals surface area (Å²) < 4.78 is 0. The van der Waals surface area contributed by atoms with Crippen LogP contribution < -0.4 is 10.2 Å². The lowest BCUT2D eigenvalue weighted by Crippen LogP contribution is -2.50. The van der Waals surface area contributed by atoms with Gasteiger partial charge in [0.25, 0.3) is 0 Å². The van der Waals surface area contributed by atoms with E-state index in [2.05, 4.69) is 25.4 Å². The SMILES string of the molecule is O=C(Nc1ccc(N=Nc2ccccc2)cc1)N1CCN(c2ccncc2)CC1. The Kier molecular flexibility index (Phi) is 5.76. The van der Waals surface area contributed by atoms with E-state index in [1.165, 1.54) is 0 Å². The van der Waals surface area contributed by atoms with Crippen LogP contribution in [0.1, 0.15) is 0 Å². The molecule has 1 aromatic heterocycles. The first kappa shape index (κ1) is 18.6. The van der Waals surface area contributed by atoms with Crippen LogP contribution in [-0.2, 0) is 0 Å². The van der Waals surface area contributed by atoms with Crippen LogP contribution in [0.3, 0.4) is 0 Å². The first-order valence-electron chi connectivity index (χ1n) is 9.56. The highest BCUT2D eigenvalue weighted by molar-refractivity contribution is 5.89. The summed E-state index contributed by atoms with van der Waals surface area (Å²) in [6, 6.07) is 20.8. The Labute approximate surface area is 169 Å². The predicted octanol–water partition coefficient (Wildman–Crippen LogP) is 4.85. The number of nitrogens with one attached hydrogen (secondary N) is 1. The van der Waals surface area contributed by atoms with Gasteiger partial charge in [-0.2, -0.15) is 10.2 Å². The highest BCUT2D eigenvalue weighted by Gasteiger charge is 2.21. The van der Waals surface area contributed by atoms with Crippen molar-refractivity contribution in [1.29, 1.82) is 0 Å². The number of piperazine rings is 1. The molecule has 7 heteroatoms. The fraction of sp³-hybridized carbons (Fsp3) is 0.182. The standard InChI is InChI=1S/C22H22N6O/c29-22(28-16-14-27(15-17-28)21-10-12-23-13-11-21)24-18-6-8-20(9-7-18)26-25-19-4-2-1-3-5-19/h1-13H,14-17H2,(H,24,29). The predicted molar refractivity (Wildman–Crippen MR) is 114 cm³/mol. The lowest BCUT2D eigenvalue weighted by molar-refractivity contribution is 0.208. The van der Waals surface area contributed by atoms with Crippen molar-refractivity contribution in [2.45, 2.75) is 0 Å². The molecule has 0 unspecified atom stereocenters. The maximum Gasteiger partial charge on any atom is 0.321 e. The zero-order chi connectivity index (χ0) is 19.9. The first-order chi connectivity index (χ1) is 14.3. The summed E-state index contributed by atoms with van der Waals surface area (Å²) in [4.78, 5) is 20.7. The number of hydrogen-bond acceptors (Lipinski definition) is 5. The van der Waals surface area contributed by atoms with Crippen molar-refractivity contribution in [2.75, 3.05) is 36.4 Å². The van der Waals surface area contributed by atoms with Crippen molar-refractivity contribution in [3.63, 3.8) is 0 Å². The third-order valence-corrected chi connectivity index (χ3v) is 4.75. The van der Waals surface area contributed by atoms with Crippen LogP contribution in [-0.4, -0.2) is 42.1 Å². The molecule has 1 aliphatic heterocycles. The minimum Gasteiger partial charge on any atom is -0.368 e. The Morgan fingerprint density at radius 3 is 2.07 bits per heavy atom. The number of anilines is 2. The van der Waals surface area contributed by atoms with Crippen molar-refractivity contribution in [1.82, 2.24) is 9.88 Å². The van der Waals surface area contributed by atoms with Gasteiger partial charge in [-0.1, -0.05) is 18.2 Å². The van der Waals surface area contributed by atoms with Crippen LogP contribution in [0.4, 0.5) is 27.5 Å². The Bertz CT molecular complexity index is 952. The molecule has 0 aliphatic carbocycles. The largest absolute Gasteiger partial charge is 0.368 e. The number of urea groups is 1. The van der Waals surface area contributed by atoms with Crippen LogP contribution >= 0.6 is 0 Å². The molecule has 4 rings (SSSR count). The summed E-state index contributed by atoms with van der Waals surface area (Å²) >= 11 is 0. The van der Waals surface area contributed by atoms with Gasteiger partial charge in [0, 0.05) is 49.9 Å². The molecule has 1 aliphatic rings. The van der Waals surface area contributed by atoms with Crippen LogP contribution in [0.5, 0.6) is 0 Å². The molecule has 3 aromatic rings. The molecule has 29 heavy (non-hydrogen) atoms. The normalized spacial score (nSPS) is 14.2. The number of azo groups is 1. The van der Waals surface area contributed by atoms with Gasteiger partial charge in [-0.25, -0.2) is 4.79 Å². The molecular weight excluding hydrogens is 364 g/mol. The molecule has 1 N–H and O–H groups in total. The summed E-state index contributed by atoms with van der Waals surface area (Å²) in [6.07, 6.45) is 3.58. The zero-order valence-electron chi connectivity index (χ0n) is 16.0. The number of nitrogens with zero attached hydrogens (tertiary/aromatic N) is 5. The van der Waals surface area contributed by atoms with E-state index < -0.39 is 0 Å². The molecule has 146 valence electrons. The van der Waals surface area contributed by atoms with Gasteiger partial charge in [0.15, 0.2) is 0 Å². The minimum absolute atomic E-state index is 0.0851. The molecule has 1 saturated heterocycles. The van der Waals surface area contributed by atoms with E-state index in [9.17, 15) is 4.79 Å². The third kappa shape index (κ3) is 4.95. The van der Waals surface area contributed by atoms with E-state index in [1.54, 1.807) is 12.4 Å². The topological polar surface area (TPSA) is 73.2 Å². The molecule has 2 heterocycles. The van der Waals surface area contributed by atoms with Gasteiger partial charge >= 0.3 is 6.03 Å². The minimum atomic E-state index is -0.0851. The Balaban J connectivity index is 1.29. The summed E-state index contributed by atoms with van der Waals surface area (Å²) in [5.41, 5.74) is 3.42. The van der Waals surface area contributed by atoms with E-state index in [-0.39, 0.29) is 6.03 Å². The van der Waals surface area contributed by atoms with Crippen molar-refractivity contribution in [2.24, 2.45) is 10.2 Å². The average Bonchev–Trinajstić information content (AvgIpc) is 2.80. The van der Waals surface area contributed by atoms with E-state index in [0.717, 1.165) is 35.8 Å². The first-order valence-corrected chi connectivity index (χ1v) is 9.56. The molecule has 0 spiro atoms. The molecular formula is C22H22N6O. The van der Waals surface area contributed by atoms with E-state index in [1.807, 2.05) is 71.6 Å². The third-order valence-electron chi connectivity index (χ3n) is 4.75. The van der Waals surface area contributed by atoms with E-state index in [4.69, 9.17) is 0 Å². The molecule has 0 atom stereocenters. The number of hydrogen-bond donors (Lipinski definition) is 1. The number of carbonyl (C=O) groups excluding carboxylic acids is 1. The van der Waals surface area contributed by atoms with E-state index >= 15 is 0 Å². The van der Waals surface area contributed by atoms with Gasteiger partial charge in [0.1, 0.15) is 0 Å². The van der Waals surface area contributed by atoms with Crippen molar-refractivity contribution in [3.8, 4) is 0 Å². The van der Waals surface area contributed by atoms with Crippen molar-refractivity contribution >= 4 is 28.8 Å². The number of amides is 2. The lowest BCUT2D eigenvalue weighted by Gasteiger charge is -2.36. The summed E-state index contributed by atoms with van der Waals surface area (Å²) in [6.45, 7) is 2.96. The smallest absolute Gasteiger partial charge is 0.321 e. The quantitative estimate of drug-likeness (QED) is 0.651. The number of aromatic nitrogens is 1. The second-order valence-corrected chi connectivity index (χ2v) is 6.69. The molecule has 7 nitrogen and oxygen atoms in total. The maximum absolute atomic E-state index is 12.6. The fourth-order valence-corrected chi connectivity index (χ4v) is 3.15. The number of pyridine rings is 1. The lowest BCUT2D eigenvalue weighted by atomic mass is 10.2. The summed E-state index contributed by atoms with van der Waals surface area (Å²) in [7, 11) is 0. The van der Waals surface area contributed by atoms with Gasteiger partial charge in [0.2, 0.25) is 0 Å². The molecule has 2 amide bonds. The molecule has 0 bridgehead atoms. The van der Waals surface area contributed by atoms with Gasteiger partial charge in [0.05, 0.1) is 11.4 Å². The van der Waals surface area contributed by atoms with Crippen LogP contribution in [0, 0.1) is 0 Å². The number of rotatable bonds is 4. The molecule has 1 fully saturated rings. The monoisotopic (exact) mass is 386 g/mol. The highest BCUT2D eigenvalue weighted by Crippen LogP contribution is 2.21. The van der Waals surface area contributed by atoms with Crippen molar-refractivity contribution in [3.05, 3.63) is 79.1 Å². The highest BCUT2D eigenvalue weighted by atomic mass is 16.2. The summed E-state index contributed by atoms with van der Waals surface area (Å²) in [5.74, 6) is 0. The van der Waals surface area contributed by atoms with Crippen LogP contribution in [0.2, 0.25) is 0 Å². The zero-order valence-corrected chi connectivity index (χ0v) is 16.0. The Hall–Kier alpha value is -3.74. The molecule has 0 radical (unpaired) electrons. The van der Waals surface area contributed by atoms with Crippen molar-refractivity contribution < 1.29 is 4.79 Å². The molecule has 0 saturated carbocycles. The van der Waals surface area contributed by atoms with Crippen LogP contribution in [0.15, 0.2) is 89.4 Å². The van der Waals surface area contributed by atoms with Gasteiger partial charge in [-0.05, 0) is 48.5 Å². The Morgan fingerprint density at radius 1 is 0.793 bits per heavy atom. The maximum atomic E-state index is 12.6. The van der Waals surface area contributed by atoms with Gasteiger partial charge < -0.3 is 15.1 Å². The van der Waals surface area contributed by atoms with Crippen LogP contribution in [0.25, 0.3) is 0 Å². The fourth-order valence-electron chi connectivity index (χ4n) is 3.15. The summed E-state index contributed by atoms with van der Waals surface area (Å²) in [5, 5.41) is 11.4. The van der Waals surface area contributed by atoms with Gasteiger partial charge in [-0.15, -0.1) is 0 Å². The second-order valence-electron chi connectivity index (χ2n) is 6.69. The van der Waals surface area contributed by atoms with Gasteiger partial charge in [-0.3, -0.25) is 4.98 Å². The molecule has 2 aromatic carbocycles. The number of carbonyl (C=O) groups is 1. The van der Waals surface area contributed by atoms with E-state index in [0.29, 0.717) is 13.1 Å².